The summed E-state index contributed by atoms with van der Waals surface area (Å²) >= 11 is 0. The van der Waals surface area contributed by atoms with Crippen molar-refractivity contribution >= 4 is 11.6 Å². The van der Waals surface area contributed by atoms with Crippen LogP contribution in [0.4, 0.5) is 5.69 Å². The smallest absolute Gasteiger partial charge is 0.309 e. The van der Waals surface area contributed by atoms with E-state index in [4.69, 9.17) is 4.74 Å². The Labute approximate surface area is 132 Å². The monoisotopic (exact) mass is 312 g/mol. The molecule has 1 aliphatic carbocycles. The quantitative estimate of drug-likeness (QED) is 0.476. The average Bonchev–Trinajstić information content (AvgIpc) is 3.26. The minimum absolute atomic E-state index is 0.0146. The van der Waals surface area contributed by atoms with Crippen LogP contribution in [-0.2, 0) is 9.53 Å². The van der Waals surface area contributed by atoms with Crippen molar-refractivity contribution in [1.29, 1.82) is 0 Å². The molecule has 5 rings (SSSR count). The number of fused-ring (bicyclic) bond motifs is 2. The molecule has 0 radical (unpaired) electrons. The van der Waals surface area contributed by atoms with Crippen molar-refractivity contribution in [1.82, 2.24) is 0 Å². The van der Waals surface area contributed by atoms with Crippen LogP contribution < -0.4 is 4.90 Å². The average molecular weight is 312 g/mol. The van der Waals surface area contributed by atoms with Gasteiger partial charge in [-0.05, 0) is 31.1 Å². The number of ether oxygens (including phenoxy) is 1. The molecule has 4 aliphatic rings. The third kappa shape index (κ3) is 1.22. The lowest BCUT2D eigenvalue weighted by Crippen LogP contribution is -2.49. The molecule has 0 aromatic heterocycles. The van der Waals surface area contributed by atoms with E-state index in [1.165, 1.54) is 0 Å². The third-order valence-electron chi connectivity index (χ3n) is 6.22. The molecule has 0 N–H and O–H groups in total. The van der Waals surface area contributed by atoms with E-state index >= 15 is 0 Å². The lowest BCUT2D eigenvalue weighted by atomic mass is 9.64. The minimum Gasteiger partial charge on any atom is -0.309 e. The van der Waals surface area contributed by atoms with E-state index in [-0.39, 0.29) is 16.7 Å². The van der Waals surface area contributed by atoms with Crippen LogP contribution in [0.25, 0.3) is 0 Å². The van der Waals surface area contributed by atoms with Crippen molar-refractivity contribution in [3.63, 3.8) is 0 Å². The Morgan fingerprint density at radius 3 is 2.78 bits per heavy atom. The first-order valence-electron chi connectivity index (χ1n) is 7.98. The zero-order valence-electron chi connectivity index (χ0n) is 12.5. The highest BCUT2D eigenvalue weighted by molar-refractivity contribution is 6.03. The highest BCUT2D eigenvalue weighted by Gasteiger charge is 2.85. The zero-order chi connectivity index (χ0) is 15.9. The van der Waals surface area contributed by atoms with Crippen molar-refractivity contribution < 1.29 is 14.5 Å². The highest BCUT2D eigenvalue weighted by Crippen LogP contribution is 2.70. The van der Waals surface area contributed by atoms with Gasteiger partial charge in [-0.2, -0.15) is 0 Å². The summed E-state index contributed by atoms with van der Waals surface area (Å²) in [6, 6.07) is 9.49. The number of nitro groups is 1. The van der Waals surface area contributed by atoms with E-state index in [2.05, 4.69) is 0 Å². The Hall–Kier alpha value is -2.21. The standard InChI is InChI=1S/C17H16N2O4/c20-14-16-8-4-7-13(16)17(19(21)22)10-9-15(16,23-17)11-18(14)12-5-2-1-3-6-12/h1-3,5-6,9-10,13H,4,7-8,11H2. The lowest BCUT2D eigenvalue weighted by molar-refractivity contribution is -0.616. The molecule has 6 nitrogen and oxygen atoms in total. The Bertz CT molecular complexity index is 763. The molecular weight excluding hydrogens is 296 g/mol. The second-order valence-electron chi connectivity index (χ2n) is 6.98. The Kier molecular flexibility index (Phi) is 2.20. The number of carbonyl (C=O) groups is 1. The summed E-state index contributed by atoms with van der Waals surface area (Å²) in [5.41, 5.74) is -2.30. The second kappa shape index (κ2) is 3.82. The van der Waals surface area contributed by atoms with Gasteiger partial charge in [-0.25, -0.2) is 0 Å². The fourth-order valence-corrected chi connectivity index (χ4v) is 5.37. The van der Waals surface area contributed by atoms with Gasteiger partial charge in [-0.3, -0.25) is 19.6 Å². The fraction of sp³-hybridized carbons (Fsp3) is 0.471. The number of amides is 1. The number of anilines is 1. The summed E-state index contributed by atoms with van der Waals surface area (Å²) < 4.78 is 6.04. The van der Waals surface area contributed by atoms with E-state index in [0.29, 0.717) is 19.4 Å². The molecule has 1 saturated carbocycles. The van der Waals surface area contributed by atoms with Gasteiger partial charge in [0.15, 0.2) is 0 Å². The van der Waals surface area contributed by atoms with E-state index in [1.54, 1.807) is 17.1 Å². The SMILES string of the molecule is O=C1N(c2ccccc2)CC23C=CC([N+](=O)[O-])(O2)C2CCCC123. The topological polar surface area (TPSA) is 72.7 Å². The first kappa shape index (κ1) is 13.2. The number of hydrogen-bond acceptors (Lipinski definition) is 4. The molecule has 118 valence electrons. The predicted molar refractivity (Wildman–Crippen MR) is 81.3 cm³/mol. The molecule has 1 aromatic carbocycles. The summed E-state index contributed by atoms with van der Waals surface area (Å²) in [5, 5.41) is 11.7. The summed E-state index contributed by atoms with van der Waals surface area (Å²) in [4.78, 5) is 26.4. The molecule has 3 aliphatic heterocycles. The zero-order valence-corrected chi connectivity index (χ0v) is 12.5. The summed E-state index contributed by atoms with van der Waals surface area (Å²) in [7, 11) is 0. The molecule has 3 heterocycles. The van der Waals surface area contributed by atoms with E-state index < -0.39 is 16.7 Å². The van der Waals surface area contributed by atoms with E-state index in [9.17, 15) is 14.9 Å². The maximum atomic E-state index is 13.3. The summed E-state index contributed by atoms with van der Waals surface area (Å²) in [6.45, 7) is 0.360. The Morgan fingerprint density at radius 2 is 2.04 bits per heavy atom. The van der Waals surface area contributed by atoms with Crippen LogP contribution in [0.1, 0.15) is 19.3 Å². The third-order valence-corrected chi connectivity index (χ3v) is 6.22. The van der Waals surface area contributed by atoms with Gasteiger partial charge in [0.05, 0.1) is 22.8 Å². The van der Waals surface area contributed by atoms with Crippen molar-refractivity contribution in [2.24, 2.45) is 11.3 Å². The largest absolute Gasteiger partial charge is 0.349 e. The van der Waals surface area contributed by atoms with Crippen molar-refractivity contribution in [2.45, 2.75) is 30.6 Å². The van der Waals surface area contributed by atoms with Crippen LogP contribution in [0, 0.1) is 21.4 Å². The molecule has 1 aromatic rings. The Morgan fingerprint density at radius 1 is 1.26 bits per heavy atom. The van der Waals surface area contributed by atoms with Crippen LogP contribution in [-0.4, -0.2) is 28.7 Å². The van der Waals surface area contributed by atoms with Crippen LogP contribution in [0.15, 0.2) is 42.5 Å². The first-order valence-corrected chi connectivity index (χ1v) is 7.98. The van der Waals surface area contributed by atoms with Crippen molar-refractivity contribution in [3.8, 4) is 0 Å². The molecule has 6 heteroatoms. The molecule has 2 bridgehead atoms. The summed E-state index contributed by atoms with van der Waals surface area (Å²) in [5.74, 6) is -0.379. The minimum atomic E-state index is -1.51. The van der Waals surface area contributed by atoms with Crippen molar-refractivity contribution in [2.75, 3.05) is 11.4 Å². The second-order valence-corrected chi connectivity index (χ2v) is 6.98. The van der Waals surface area contributed by atoms with Crippen molar-refractivity contribution in [3.05, 3.63) is 52.6 Å². The maximum Gasteiger partial charge on any atom is 0.349 e. The van der Waals surface area contributed by atoms with Crippen LogP contribution in [0.5, 0.6) is 0 Å². The number of para-hydroxylation sites is 1. The first-order chi connectivity index (χ1) is 11.1. The van der Waals surface area contributed by atoms with E-state index in [0.717, 1.165) is 12.1 Å². The van der Waals surface area contributed by atoms with Gasteiger partial charge < -0.3 is 4.90 Å². The van der Waals surface area contributed by atoms with Gasteiger partial charge in [-0.1, -0.05) is 24.6 Å². The molecular formula is C17H16N2O4. The molecule has 2 spiro atoms. The van der Waals surface area contributed by atoms with Gasteiger partial charge in [0.1, 0.15) is 5.60 Å². The number of carbonyl (C=O) groups excluding carboxylic acids is 1. The van der Waals surface area contributed by atoms with Crippen LogP contribution in [0.2, 0.25) is 0 Å². The van der Waals surface area contributed by atoms with Gasteiger partial charge >= 0.3 is 5.72 Å². The highest BCUT2D eigenvalue weighted by atomic mass is 16.7. The van der Waals surface area contributed by atoms with E-state index in [1.807, 2.05) is 30.3 Å². The molecule has 23 heavy (non-hydrogen) atoms. The molecule has 3 fully saturated rings. The lowest BCUT2D eigenvalue weighted by Gasteiger charge is -2.32. The van der Waals surface area contributed by atoms with Crippen LogP contribution >= 0.6 is 0 Å². The number of rotatable bonds is 2. The number of nitrogens with zero attached hydrogens (tertiary/aromatic N) is 2. The molecule has 1 amide bonds. The molecule has 2 saturated heterocycles. The van der Waals surface area contributed by atoms with Gasteiger partial charge in [0, 0.05) is 11.8 Å². The molecule has 4 atom stereocenters. The summed E-state index contributed by atoms with van der Waals surface area (Å²) in [6.07, 6.45) is 5.55. The fourth-order valence-electron chi connectivity index (χ4n) is 5.37. The number of benzene rings is 1. The predicted octanol–water partition coefficient (Wildman–Crippen LogP) is 2.13. The normalized spacial score (nSPS) is 43.0. The van der Waals surface area contributed by atoms with Gasteiger partial charge in [0.2, 0.25) is 5.91 Å². The van der Waals surface area contributed by atoms with Gasteiger partial charge in [-0.15, -0.1) is 0 Å². The number of hydrogen-bond donors (Lipinski definition) is 0. The van der Waals surface area contributed by atoms with Gasteiger partial charge in [0.25, 0.3) is 0 Å². The Balaban J connectivity index is 1.67. The van der Waals surface area contributed by atoms with Crippen LogP contribution in [0.3, 0.4) is 0 Å². The maximum absolute atomic E-state index is 13.3. The molecule has 4 unspecified atom stereocenters.